The summed E-state index contributed by atoms with van der Waals surface area (Å²) in [6.07, 6.45) is 8.69. The molecule has 1 aromatic carbocycles. The van der Waals surface area contributed by atoms with E-state index in [0.29, 0.717) is 0 Å². The third-order valence-electron chi connectivity index (χ3n) is 2.88. The molecule has 0 heterocycles. The van der Waals surface area contributed by atoms with Crippen LogP contribution in [0.3, 0.4) is 0 Å². The van der Waals surface area contributed by atoms with Crippen LogP contribution in [0.25, 0.3) is 0 Å². The first-order valence-corrected chi connectivity index (χ1v) is 6.26. The van der Waals surface area contributed by atoms with Crippen LogP contribution >= 0.6 is 0 Å². The van der Waals surface area contributed by atoms with Gasteiger partial charge >= 0.3 is 0 Å². The molecule has 0 saturated heterocycles. The van der Waals surface area contributed by atoms with Gasteiger partial charge in [0.25, 0.3) is 0 Å². The van der Waals surface area contributed by atoms with Gasteiger partial charge in [0.05, 0.1) is 13.3 Å². The molecule has 0 saturated carbocycles. The monoisotopic (exact) mass is 239 g/mol. The van der Waals surface area contributed by atoms with Crippen molar-refractivity contribution in [2.75, 3.05) is 7.11 Å². The van der Waals surface area contributed by atoms with Crippen molar-refractivity contribution in [3.63, 3.8) is 0 Å². The molecule has 1 aromatic rings. The summed E-state index contributed by atoms with van der Waals surface area (Å²) >= 11 is 0. The van der Waals surface area contributed by atoms with Crippen molar-refractivity contribution in [1.29, 1.82) is 0 Å². The van der Waals surface area contributed by atoms with E-state index in [4.69, 9.17) is 4.74 Å². The molecule has 0 atom stereocenters. The van der Waals surface area contributed by atoms with Crippen LogP contribution in [-0.2, 0) is 0 Å². The molecule has 0 bridgehead atoms. The molecule has 2 nitrogen and oxygen atoms in total. The van der Waals surface area contributed by atoms with Gasteiger partial charge in [-0.1, -0.05) is 24.1 Å². The van der Waals surface area contributed by atoms with Crippen LogP contribution in [0, 0.1) is 11.8 Å². The van der Waals surface area contributed by atoms with E-state index in [0.717, 1.165) is 24.3 Å². The molecule has 0 unspecified atom stereocenters. The largest absolute Gasteiger partial charge is 0.494 e. The number of ether oxygens (including phenoxy) is 1. The minimum Gasteiger partial charge on any atom is -0.494 e. The van der Waals surface area contributed by atoms with Gasteiger partial charge in [-0.3, -0.25) is 0 Å². The van der Waals surface area contributed by atoms with Crippen LogP contribution in [0.2, 0.25) is 0 Å². The first kappa shape index (κ1) is 12.4. The Morgan fingerprint density at radius 3 is 2.94 bits per heavy atom. The SMILES string of the molecule is COc1ccccc1N=CC#CC1=CCCCC1. The maximum absolute atomic E-state index is 5.22. The fourth-order valence-electron chi connectivity index (χ4n) is 1.91. The highest BCUT2D eigenvalue weighted by atomic mass is 16.5. The lowest BCUT2D eigenvalue weighted by Crippen LogP contribution is -1.88. The Labute approximate surface area is 108 Å². The van der Waals surface area contributed by atoms with E-state index in [1.807, 2.05) is 24.3 Å². The minimum absolute atomic E-state index is 0.771. The molecular weight excluding hydrogens is 222 g/mol. The van der Waals surface area contributed by atoms with Crippen LogP contribution in [-0.4, -0.2) is 13.3 Å². The van der Waals surface area contributed by atoms with E-state index in [1.165, 1.54) is 18.4 Å². The van der Waals surface area contributed by atoms with Gasteiger partial charge in [-0.2, -0.15) is 0 Å². The third kappa shape index (κ3) is 3.49. The fourth-order valence-corrected chi connectivity index (χ4v) is 1.91. The molecule has 2 heteroatoms. The predicted molar refractivity (Wildman–Crippen MR) is 75.5 cm³/mol. The molecule has 0 amide bonds. The highest BCUT2D eigenvalue weighted by molar-refractivity contribution is 5.82. The molecule has 0 aliphatic heterocycles. The average molecular weight is 239 g/mol. The number of aliphatic imine (C=N–C) groups is 1. The smallest absolute Gasteiger partial charge is 0.144 e. The molecule has 1 aliphatic carbocycles. The summed E-state index contributed by atoms with van der Waals surface area (Å²) < 4.78 is 5.22. The van der Waals surface area contributed by atoms with E-state index in [-0.39, 0.29) is 0 Å². The molecule has 2 rings (SSSR count). The number of hydrogen-bond acceptors (Lipinski definition) is 2. The quantitative estimate of drug-likeness (QED) is 0.566. The predicted octanol–water partition coefficient (Wildman–Crippen LogP) is 3.90. The van der Waals surface area contributed by atoms with Crippen molar-refractivity contribution in [1.82, 2.24) is 0 Å². The number of methoxy groups -OCH3 is 1. The van der Waals surface area contributed by atoms with Gasteiger partial charge < -0.3 is 4.74 Å². The fraction of sp³-hybridized carbons (Fsp3) is 0.312. The van der Waals surface area contributed by atoms with Crippen LogP contribution in [0.5, 0.6) is 5.75 Å². The van der Waals surface area contributed by atoms with Gasteiger partial charge in [0.2, 0.25) is 0 Å². The van der Waals surface area contributed by atoms with Crippen molar-refractivity contribution in [3.05, 3.63) is 35.9 Å². The summed E-state index contributed by atoms with van der Waals surface area (Å²) in [7, 11) is 1.65. The maximum atomic E-state index is 5.22. The second-order valence-corrected chi connectivity index (χ2v) is 4.17. The Hall–Kier alpha value is -2.01. The number of hydrogen-bond donors (Lipinski definition) is 0. The standard InChI is InChI=1S/C16H17NO/c1-18-16-12-6-5-11-15(16)17-13-7-10-14-8-3-2-4-9-14/h5-6,8,11-13H,2-4,9H2,1H3. The van der Waals surface area contributed by atoms with E-state index < -0.39 is 0 Å². The van der Waals surface area contributed by atoms with Crippen molar-refractivity contribution < 1.29 is 4.74 Å². The molecule has 0 radical (unpaired) electrons. The van der Waals surface area contributed by atoms with Crippen molar-refractivity contribution in [2.45, 2.75) is 25.7 Å². The first-order chi connectivity index (χ1) is 8.90. The zero-order valence-electron chi connectivity index (χ0n) is 10.6. The topological polar surface area (TPSA) is 21.6 Å². The molecule has 0 fully saturated rings. The van der Waals surface area contributed by atoms with E-state index in [9.17, 15) is 0 Å². The number of nitrogens with zero attached hydrogens (tertiary/aromatic N) is 1. The van der Waals surface area contributed by atoms with Crippen LogP contribution in [0.4, 0.5) is 5.69 Å². The summed E-state index contributed by atoms with van der Waals surface area (Å²) in [6.45, 7) is 0. The summed E-state index contributed by atoms with van der Waals surface area (Å²) in [5.74, 6) is 6.91. The maximum Gasteiger partial charge on any atom is 0.144 e. The van der Waals surface area contributed by atoms with Crippen molar-refractivity contribution >= 4 is 11.9 Å². The molecule has 1 aliphatic rings. The Morgan fingerprint density at radius 1 is 1.28 bits per heavy atom. The third-order valence-corrected chi connectivity index (χ3v) is 2.88. The summed E-state index contributed by atoms with van der Waals surface area (Å²) in [6, 6.07) is 7.67. The Morgan fingerprint density at radius 2 is 2.17 bits per heavy atom. The van der Waals surface area contributed by atoms with Crippen molar-refractivity contribution in [2.24, 2.45) is 4.99 Å². The van der Waals surface area contributed by atoms with Gasteiger partial charge in [0.1, 0.15) is 11.4 Å². The number of benzene rings is 1. The second kappa shape index (κ2) is 6.66. The Bertz CT molecular complexity index is 517. The highest BCUT2D eigenvalue weighted by Crippen LogP contribution is 2.25. The normalized spacial score (nSPS) is 14.8. The first-order valence-electron chi connectivity index (χ1n) is 6.26. The summed E-state index contributed by atoms with van der Waals surface area (Å²) in [5.41, 5.74) is 2.06. The van der Waals surface area contributed by atoms with Gasteiger partial charge in [-0.25, -0.2) is 4.99 Å². The number of allylic oxidation sites excluding steroid dienone is 2. The van der Waals surface area contributed by atoms with Crippen molar-refractivity contribution in [3.8, 4) is 17.6 Å². The van der Waals surface area contributed by atoms with Crippen LogP contribution < -0.4 is 4.74 Å². The lowest BCUT2D eigenvalue weighted by atomic mass is 10.0. The lowest BCUT2D eigenvalue weighted by molar-refractivity contribution is 0.416. The molecule has 92 valence electrons. The zero-order valence-corrected chi connectivity index (χ0v) is 10.6. The minimum atomic E-state index is 0.771. The average Bonchev–Trinajstić information content (AvgIpc) is 2.45. The second-order valence-electron chi connectivity index (χ2n) is 4.17. The Balaban J connectivity index is 2.03. The lowest BCUT2D eigenvalue weighted by Gasteiger charge is -2.05. The van der Waals surface area contributed by atoms with E-state index in [1.54, 1.807) is 13.3 Å². The van der Waals surface area contributed by atoms with Crippen LogP contribution in [0.15, 0.2) is 40.9 Å². The van der Waals surface area contributed by atoms with E-state index >= 15 is 0 Å². The van der Waals surface area contributed by atoms with E-state index in [2.05, 4.69) is 22.9 Å². The van der Waals surface area contributed by atoms with Crippen LogP contribution in [0.1, 0.15) is 25.7 Å². The number of rotatable bonds is 2. The molecular formula is C16H17NO. The van der Waals surface area contributed by atoms with Gasteiger partial charge in [-0.15, -0.1) is 0 Å². The molecule has 0 spiro atoms. The number of para-hydroxylation sites is 2. The Kier molecular flexibility index (Phi) is 4.60. The molecule has 0 N–H and O–H groups in total. The zero-order chi connectivity index (χ0) is 12.6. The molecule has 18 heavy (non-hydrogen) atoms. The van der Waals surface area contributed by atoms with Gasteiger partial charge in [-0.05, 0) is 49.3 Å². The van der Waals surface area contributed by atoms with Gasteiger partial charge in [0, 0.05) is 0 Å². The summed E-state index contributed by atoms with van der Waals surface area (Å²) in [5, 5.41) is 0. The van der Waals surface area contributed by atoms with Gasteiger partial charge in [0.15, 0.2) is 0 Å². The highest BCUT2D eigenvalue weighted by Gasteiger charge is 1.99. The summed E-state index contributed by atoms with van der Waals surface area (Å²) in [4.78, 5) is 4.31. The molecule has 0 aromatic heterocycles.